The van der Waals surface area contributed by atoms with E-state index in [1.54, 1.807) is 0 Å². The highest BCUT2D eigenvalue weighted by atomic mass is 35.5. The summed E-state index contributed by atoms with van der Waals surface area (Å²) in [7, 11) is 0. The van der Waals surface area contributed by atoms with Gasteiger partial charge in [-0.2, -0.15) is 0 Å². The van der Waals surface area contributed by atoms with Gasteiger partial charge in [0.15, 0.2) is 0 Å². The number of benzene rings is 1. The highest BCUT2D eigenvalue weighted by Crippen LogP contribution is 2.02. The van der Waals surface area contributed by atoms with E-state index >= 15 is 0 Å². The molecule has 0 bridgehead atoms. The second-order valence-electron chi connectivity index (χ2n) is 5.40. The van der Waals surface area contributed by atoms with Gasteiger partial charge in [-0.15, -0.1) is 12.4 Å². The van der Waals surface area contributed by atoms with Gasteiger partial charge in [-0.25, -0.2) is 0 Å². The molecule has 1 fully saturated rings. The standard InChI is InChI=1S/C16H24N2O3.ClH/c1-13(10-21-11-14-5-3-2-4-6-14)18-16(19)9-15-12-20-8-7-17-15;/h2-6,13,15,17H,7-12H2,1H3,(H,18,19);1H. The van der Waals surface area contributed by atoms with Gasteiger partial charge in [0.2, 0.25) is 5.91 Å². The van der Waals surface area contributed by atoms with Crippen molar-refractivity contribution in [1.82, 2.24) is 10.6 Å². The number of rotatable bonds is 7. The molecule has 0 spiro atoms. The number of nitrogens with one attached hydrogen (secondary N) is 2. The molecule has 2 unspecified atom stereocenters. The molecule has 5 nitrogen and oxygen atoms in total. The third-order valence-electron chi connectivity index (χ3n) is 3.32. The van der Waals surface area contributed by atoms with Crippen molar-refractivity contribution in [1.29, 1.82) is 0 Å². The quantitative estimate of drug-likeness (QED) is 0.796. The maximum Gasteiger partial charge on any atom is 0.221 e. The van der Waals surface area contributed by atoms with Crippen molar-refractivity contribution in [3.63, 3.8) is 0 Å². The van der Waals surface area contributed by atoms with Gasteiger partial charge in [0.25, 0.3) is 0 Å². The zero-order chi connectivity index (χ0) is 14.9. The lowest BCUT2D eigenvalue weighted by Crippen LogP contribution is -2.46. The van der Waals surface area contributed by atoms with Crippen molar-refractivity contribution in [2.75, 3.05) is 26.4 Å². The minimum absolute atomic E-state index is 0. The van der Waals surface area contributed by atoms with Crippen LogP contribution >= 0.6 is 12.4 Å². The van der Waals surface area contributed by atoms with Crippen LogP contribution in [0.3, 0.4) is 0 Å². The SMILES string of the molecule is CC(COCc1ccccc1)NC(=O)CC1COCCN1.Cl. The van der Waals surface area contributed by atoms with Crippen LogP contribution < -0.4 is 10.6 Å². The van der Waals surface area contributed by atoms with Crippen LogP contribution in [0.2, 0.25) is 0 Å². The summed E-state index contributed by atoms with van der Waals surface area (Å²) in [5.74, 6) is 0.0359. The number of carbonyl (C=O) groups excluding carboxylic acids is 1. The van der Waals surface area contributed by atoms with Crippen molar-refractivity contribution in [2.45, 2.75) is 32.0 Å². The zero-order valence-electron chi connectivity index (χ0n) is 12.9. The molecule has 1 aliphatic heterocycles. The number of hydrogen-bond donors (Lipinski definition) is 2. The zero-order valence-corrected chi connectivity index (χ0v) is 13.7. The lowest BCUT2D eigenvalue weighted by atomic mass is 10.2. The number of amides is 1. The Bertz CT molecular complexity index is 425. The molecule has 1 aliphatic rings. The highest BCUT2D eigenvalue weighted by molar-refractivity contribution is 5.85. The number of morpholine rings is 1. The summed E-state index contributed by atoms with van der Waals surface area (Å²) in [5, 5.41) is 6.22. The van der Waals surface area contributed by atoms with E-state index in [2.05, 4.69) is 10.6 Å². The van der Waals surface area contributed by atoms with E-state index in [4.69, 9.17) is 9.47 Å². The molecule has 1 aromatic rings. The van der Waals surface area contributed by atoms with Gasteiger partial charge < -0.3 is 20.1 Å². The molecule has 0 aromatic heterocycles. The third kappa shape index (κ3) is 7.22. The summed E-state index contributed by atoms with van der Waals surface area (Å²) in [6, 6.07) is 10.1. The van der Waals surface area contributed by atoms with Crippen LogP contribution in [-0.4, -0.2) is 44.4 Å². The second-order valence-corrected chi connectivity index (χ2v) is 5.40. The molecular formula is C16H25ClN2O3. The van der Waals surface area contributed by atoms with Crippen LogP contribution in [-0.2, 0) is 20.9 Å². The number of carbonyl (C=O) groups is 1. The van der Waals surface area contributed by atoms with Gasteiger partial charge in [-0.3, -0.25) is 4.79 Å². The van der Waals surface area contributed by atoms with E-state index in [0.29, 0.717) is 26.2 Å². The van der Waals surface area contributed by atoms with E-state index in [9.17, 15) is 4.79 Å². The minimum Gasteiger partial charge on any atom is -0.378 e. The summed E-state index contributed by atoms with van der Waals surface area (Å²) in [6.07, 6.45) is 0.447. The Balaban J connectivity index is 0.00000242. The minimum atomic E-state index is 0. The summed E-state index contributed by atoms with van der Waals surface area (Å²) < 4.78 is 11.0. The molecular weight excluding hydrogens is 304 g/mol. The Kier molecular flexibility index (Phi) is 9.08. The predicted molar refractivity (Wildman–Crippen MR) is 88.2 cm³/mol. The second kappa shape index (κ2) is 10.6. The van der Waals surface area contributed by atoms with E-state index in [1.165, 1.54) is 0 Å². The molecule has 1 aromatic carbocycles. The Morgan fingerprint density at radius 2 is 2.23 bits per heavy atom. The molecule has 1 saturated heterocycles. The van der Waals surface area contributed by atoms with Gasteiger partial charge in [0.1, 0.15) is 0 Å². The van der Waals surface area contributed by atoms with Gasteiger partial charge in [-0.1, -0.05) is 30.3 Å². The van der Waals surface area contributed by atoms with E-state index in [-0.39, 0.29) is 30.4 Å². The first-order valence-electron chi connectivity index (χ1n) is 7.46. The predicted octanol–water partition coefficient (Wildman–Crippen LogP) is 1.51. The molecule has 124 valence electrons. The Hall–Kier alpha value is -1.14. The third-order valence-corrected chi connectivity index (χ3v) is 3.32. The molecule has 1 heterocycles. The lowest BCUT2D eigenvalue weighted by Gasteiger charge is -2.24. The summed E-state index contributed by atoms with van der Waals surface area (Å²) >= 11 is 0. The van der Waals surface area contributed by atoms with Crippen molar-refractivity contribution < 1.29 is 14.3 Å². The molecule has 2 N–H and O–H groups in total. The average molecular weight is 329 g/mol. The van der Waals surface area contributed by atoms with Crippen LogP contribution in [0.25, 0.3) is 0 Å². The Morgan fingerprint density at radius 1 is 1.45 bits per heavy atom. The van der Waals surface area contributed by atoms with Crippen molar-refractivity contribution in [2.24, 2.45) is 0 Å². The van der Waals surface area contributed by atoms with Crippen LogP contribution in [0.15, 0.2) is 30.3 Å². The van der Waals surface area contributed by atoms with Crippen LogP contribution in [0.1, 0.15) is 18.9 Å². The smallest absolute Gasteiger partial charge is 0.221 e. The van der Waals surface area contributed by atoms with E-state index in [1.807, 2.05) is 37.3 Å². The molecule has 6 heteroatoms. The lowest BCUT2D eigenvalue weighted by molar-refractivity contribution is -0.123. The number of halogens is 1. The maximum atomic E-state index is 11.9. The molecule has 0 saturated carbocycles. The molecule has 22 heavy (non-hydrogen) atoms. The molecule has 0 aliphatic carbocycles. The normalized spacial score (nSPS) is 19.0. The number of ether oxygens (including phenoxy) is 2. The molecule has 1 amide bonds. The maximum absolute atomic E-state index is 11.9. The largest absolute Gasteiger partial charge is 0.378 e. The van der Waals surface area contributed by atoms with E-state index in [0.717, 1.165) is 18.7 Å². The monoisotopic (exact) mass is 328 g/mol. The van der Waals surface area contributed by atoms with Gasteiger partial charge >= 0.3 is 0 Å². The first kappa shape index (κ1) is 18.9. The molecule has 2 atom stereocenters. The summed E-state index contributed by atoms with van der Waals surface area (Å²) in [6.45, 7) is 5.17. The fourth-order valence-electron chi connectivity index (χ4n) is 2.28. The van der Waals surface area contributed by atoms with Gasteiger partial charge in [0.05, 0.1) is 26.4 Å². The fraction of sp³-hybridized carbons (Fsp3) is 0.562. The average Bonchev–Trinajstić information content (AvgIpc) is 2.49. The number of hydrogen-bond acceptors (Lipinski definition) is 4. The summed E-state index contributed by atoms with van der Waals surface area (Å²) in [5.41, 5.74) is 1.14. The van der Waals surface area contributed by atoms with Crippen molar-refractivity contribution >= 4 is 18.3 Å². The Labute approximate surface area is 138 Å². The first-order valence-corrected chi connectivity index (χ1v) is 7.46. The van der Waals surface area contributed by atoms with Gasteiger partial charge in [0, 0.05) is 25.0 Å². The highest BCUT2D eigenvalue weighted by Gasteiger charge is 2.17. The Morgan fingerprint density at radius 3 is 2.91 bits per heavy atom. The van der Waals surface area contributed by atoms with Crippen molar-refractivity contribution in [3.8, 4) is 0 Å². The van der Waals surface area contributed by atoms with Crippen LogP contribution in [0.5, 0.6) is 0 Å². The fourth-order valence-corrected chi connectivity index (χ4v) is 2.28. The summed E-state index contributed by atoms with van der Waals surface area (Å²) in [4.78, 5) is 11.9. The first-order chi connectivity index (χ1) is 10.2. The van der Waals surface area contributed by atoms with Crippen LogP contribution in [0, 0.1) is 0 Å². The van der Waals surface area contributed by atoms with Crippen molar-refractivity contribution in [3.05, 3.63) is 35.9 Å². The topological polar surface area (TPSA) is 59.6 Å². The van der Waals surface area contributed by atoms with Crippen LogP contribution in [0.4, 0.5) is 0 Å². The molecule has 0 radical (unpaired) electrons. The van der Waals surface area contributed by atoms with E-state index < -0.39 is 0 Å². The molecule has 2 rings (SSSR count). The van der Waals surface area contributed by atoms with Gasteiger partial charge in [-0.05, 0) is 12.5 Å².